The minimum absolute atomic E-state index is 0.470. The Hall–Kier alpha value is -0.0800. The smallest absolute Gasteiger partial charge is 0.00561 e. The van der Waals surface area contributed by atoms with Crippen LogP contribution in [0, 0.1) is 22.2 Å². The number of rotatable bonds is 3. The molecule has 2 heterocycles. The van der Waals surface area contributed by atoms with Crippen LogP contribution in [0.2, 0.25) is 0 Å². The molecule has 134 valence electrons. The van der Waals surface area contributed by atoms with Gasteiger partial charge < -0.3 is 4.90 Å². The first-order valence-electron chi connectivity index (χ1n) is 10.2. The molecule has 3 fully saturated rings. The molecule has 2 aliphatic heterocycles. The molecule has 0 unspecified atom stereocenters. The fraction of sp³-hybridized carbons (Fsp3) is 1.00. The quantitative estimate of drug-likeness (QED) is 0.747. The molecule has 1 aliphatic carbocycles. The summed E-state index contributed by atoms with van der Waals surface area (Å²) in [4.78, 5) is 5.62. The van der Waals surface area contributed by atoms with Crippen molar-refractivity contribution in [3.63, 3.8) is 0 Å². The van der Waals surface area contributed by atoms with Gasteiger partial charge in [-0.05, 0) is 48.9 Å². The molecule has 1 spiro atoms. The van der Waals surface area contributed by atoms with Gasteiger partial charge in [-0.1, -0.05) is 47.0 Å². The Balaban J connectivity index is 1.96. The lowest BCUT2D eigenvalue weighted by atomic mass is 9.43. The van der Waals surface area contributed by atoms with E-state index in [1.165, 1.54) is 64.8 Å². The summed E-state index contributed by atoms with van der Waals surface area (Å²) in [7, 11) is 0. The van der Waals surface area contributed by atoms with E-state index in [1.54, 1.807) is 0 Å². The van der Waals surface area contributed by atoms with Crippen molar-refractivity contribution in [1.82, 2.24) is 9.80 Å². The lowest BCUT2D eigenvalue weighted by molar-refractivity contribution is -0.219. The molecule has 0 aromatic carbocycles. The Morgan fingerprint density at radius 3 is 1.74 bits per heavy atom. The molecule has 0 N–H and O–H groups in total. The molecule has 1 saturated carbocycles. The molecule has 2 nitrogen and oxygen atoms in total. The zero-order valence-electron chi connectivity index (χ0n) is 16.6. The van der Waals surface area contributed by atoms with Crippen molar-refractivity contribution in [2.24, 2.45) is 22.2 Å². The van der Waals surface area contributed by atoms with Crippen LogP contribution in [0.15, 0.2) is 0 Å². The van der Waals surface area contributed by atoms with Crippen LogP contribution in [0.5, 0.6) is 0 Å². The minimum Gasteiger partial charge on any atom is -0.302 e. The zero-order valence-corrected chi connectivity index (χ0v) is 16.6. The van der Waals surface area contributed by atoms with Crippen molar-refractivity contribution in [2.45, 2.75) is 79.7 Å². The molecular formula is C21H40N2. The van der Waals surface area contributed by atoms with Gasteiger partial charge in [0, 0.05) is 38.8 Å². The molecule has 2 heteroatoms. The number of hydrogen-bond donors (Lipinski definition) is 0. The number of hydrogen-bond acceptors (Lipinski definition) is 2. The van der Waals surface area contributed by atoms with Crippen molar-refractivity contribution >= 4 is 0 Å². The summed E-state index contributed by atoms with van der Waals surface area (Å²) in [5.41, 5.74) is 1.53. The minimum atomic E-state index is 0.470. The third-order valence-corrected chi connectivity index (χ3v) is 7.62. The molecule has 2 bridgehead atoms. The topological polar surface area (TPSA) is 6.48 Å². The average molecular weight is 321 g/mol. The van der Waals surface area contributed by atoms with Gasteiger partial charge in [-0.25, -0.2) is 0 Å². The highest BCUT2D eigenvalue weighted by Crippen LogP contribution is 2.65. The van der Waals surface area contributed by atoms with Crippen molar-refractivity contribution in [1.29, 1.82) is 0 Å². The highest BCUT2D eigenvalue weighted by molar-refractivity contribution is 5.16. The van der Waals surface area contributed by atoms with E-state index < -0.39 is 0 Å². The molecule has 23 heavy (non-hydrogen) atoms. The molecule has 0 aromatic rings. The summed E-state index contributed by atoms with van der Waals surface area (Å²) in [5.74, 6) is 0.782. The molecular weight excluding hydrogens is 280 g/mol. The van der Waals surface area contributed by atoms with Crippen LogP contribution >= 0.6 is 0 Å². The van der Waals surface area contributed by atoms with Crippen molar-refractivity contribution in [3.05, 3.63) is 0 Å². The lowest BCUT2D eigenvalue weighted by Gasteiger charge is -2.71. The standard InChI is InChI=1S/C21H40N2/c1-17(2)12-22-13-19(5)15-23(18(3)4)16-20(6,14-22)21(19)10-8-7-9-11-21/h17-18H,7-16H2,1-6H3/t19-,20-/m1/s1. The van der Waals surface area contributed by atoms with Gasteiger partial charge in [0.1, 0.15) is 0 Å². The number of piperidine rings is 2. The predicted octanol–water partition coefficient (Wildman–Crippen LogP) is 4.65. The van der Waals surface area contributed by atoms with Gasteiger partial charge in [0.25, 0.3) is 0 Å². The van der Waals surface area contributed by atoms with Crippen LogP contribution < -0.4 is 0 Å². The molecule has 0 aromatic heterocycles. The van der Waals surface area contributed by atoms with E-state index >= 15 is 0 Å². The van der Waals surface area contributed by atoms with Gasteiger partial charge in [0.15, 0.2) is 0 Å². The third kappa shape index (κ3) is 2.78. The molecule has 2 atom stereocenters. The van der Waals surface area contributed by atoms with E-state index in [0.29, 0.717) is 22.3 Å². The van der Waals surface area contributed by atoms with E-state index in [4.69, 9.17) is 0 Å². The lowest BCUT2D eigenvalue weighted by Crippen LogP contribution is -2.74. The SMILES string of the molecule is CC(C)CN1C[C@]2(C)CN(C(C)C)C[C@@](C)(C1)C21CCCCC1. The Bertz CT molecular complexity index is 400. The molecule has 3 aliphatic rings. The monoisotopic (exact) mass is 320 g/mol. The van der Waals surface area contributed by atoms with Gasteiger partial charge in [0.05, 0.1) is 0 Å². The zero-order chi connectivity index (χ0) is 16.9. The summed E-state index contributed by atoms with van der Waals surface area (Å²) in [6, 6.07) is 0.686. The van der Waals surface area contributed by atoms with E-state index in [0.717, 1.165) is 5.92 Å². The molecule has 0 amide bonds. The highest BCUT2D eigenvalue weighted by atomic mass is 15.3. The van der Waals surface area contributed by atoms with Crippen LogP contribution in [0.25, 0.3) is 0 Å². The van der Waals surface area contributed by atoms with Gasteiger partial charge in [-0.3, -0.25) is 4.90 Å². The average Bonchev–Trinajstić information content (AvgIpc) is 2.43. The number of likely N-dealkylation sites (tertiary alicyclic amines) is 2. The Kier molecular flexibility index (Phi) is 4.64. The van der Waals surface area contributed by atoms with Gasteiger partial charge >= 0.3 is 0 Å². The highest BCUT2D eigenvalue weighted by Gasteiger charge is 2.65. The Morgan fingerprint density at radius 1 is 0.783 bits per heavy atom. The van der Waals surface area contributed by atoms with Crippen LogP contribution in [-0.4, -0.2) is 48.6 Å². The second-order valence-corrected chi connectivity index (χ2v) is 10.3. The van der Waals surface area contributed by atoms with Crippen molar-refractivity contribution < 1.29 is 0 Å². The van der Waals surface area contributed by atoms with Gasteiger partial charge in [0.2, 0.25) is 0 Å². The van der Waals surface area contributed by atoms with Crippen molar-refractivity contribution in [3.8, 4) is 0 Å². The molecule has 0 radical (unpaired) electrons. The summed E-state index contributed by atoms with van der Waals surface area (Å²) in [5, 5.41) is 0. The second-order valence-electron chi connectivity index (χ2n) is 10.3. The van der Waals surface area contributed by atoms with Crippen molar-refractivity contribution in [2.75, 3.05) is 32.7 Å². The maximum Gasteiger partial charge on any atom is 0.00561 e. The van der Waals surface area contributed by atoms with E-state index in [2.05, 4.69) is 51.3 Å². The summed E-state index contributed by atoms with van der Waals surface area (Å²) in [6.07, 6.45) is 7.38. The summed E-state index contributed by atoms with van der Waals surface area (Å²) in [6.45, 7) is 21.4. The van der Waals surface area contributed by atoms with E-state index in [-0.39, 0.29) is 0 Å². The first-order valence-corrected chi connectivity index (χ1v) is 10.2. The Morgan fingerprint density at radius 2 is 1.30 bits per heavy atom. The van der Waals surface area contributed by atoms with Crippen LogP contribution in [0.3, 0.4) is 0 Å². The van der Waals surface area contributed by atoms with E-state index in [9.17, 15) is 0 Å². The maximum absolute atomic E-state index is 2.82. The number of nitrogens with zero attached hydrogens (tertiary/aromatic N) is 2. The molecule has 2 saturated heterocycles. The molecule has 3 rings (SSSR count). The maximum atomic E-state index is 2.82. The fourth-order valence-electron chi connectivity index (χ4n) is 6.80. The van der Waals surface area contributed by atoms with Crippen LogP contribution in [0.4, 0.5) is 0 Å². The second kappa shape index (κ2) is 6.02. The summed E-state index contributed by atoms with van der Waals surface area (Å²) < 4.78 is 0. The van der Waals surface area contributed by atoms with Gasteiger partial charge in [-0.2, -0.15) is 0 Å². The first kappa shape index (κ1) is 17.7. The first-order chi connectivity index (χ1) is 10.7. The van der Waals surface area contributed by atoms with Gasteiger partial charge in [-0.15, -0.1) is 0 Å². The van der Waals surface area contributed by atoms with Crippen LogP contribution in [-0.2, 0) is 0 Å². The van der Waals surface area contributed by atoms with Crippen LogP contribution in [0.1, 0.15) is 73.6 Å². The third-order valence-electron chi connectivity index (χ3n) is 7.62. The fourth-order valence-corrected chi connectivity index (χ4v) is 6.80. The Labute approximate surface area is 145 Å². The predicted molar refractivity (Wildman–Crippen MR) is 99.7 cm³/mol. The largest absolute Gasteiger partial charge is 0.302 e. The summed E-state index contributed by atoms with van der Waals surface area (Å²) >= 11 is 0. The normalized spacial score (nSPS) is 38.6. The van der Waals surface area contributed by atoms with E-state index in [1.807, 2.05) is 0 Å².